The Hall–Kier alpha value is -2.80. The van der Waals surface area contributed by atoms with Crippen LogP contribution in [0.25, 0.3) is 0 Å². The fourth-order valence-corrected chi connectivity index (χ4v) is 3.85. The van der Waals surface area contributed by atoms with Gasteiger partial charge in [-0.15, -0.1) is 0 Å². The third kappa shape index (κ3) is 4.84. The number of hydrogen-bond acceptors (Lipinski definition) is 4. The first-order chi connectivity index (χ1) is 14.4. The number of carbonyl (C=O) groups excluding carboxylic acids is 3. The van der Waals surface area contributed by atoms with Gasteiger partial charge in [-0.05, 0) is 57.0 Å². The topological polar surface area (TPSA) is 82.9 Å². The monoisotopic (exact) mass is 431 g/mol. The molecule has 0 bridgehead atoms. The Kier molecular flexibility index (Phi) is 7.15. The van der Waals surface area contributed by atoms with Crippen molar-refractivity contribution in [3.05, 3.63) is 52.9 Å². The lowest BCUT2D eigenvalue weighted by Gasteiger charge is -2.30. The number of nitrogens with one attached hydrogen (secondary N) is 1. The molecule has 1 aliphatic rings. The van der Waals surface area contributed by atoms with Crippen LogP contribution < -0.4 is 5.32 Å². The van der Waals surface area contributed by atoms with Crippen molar-refractivity contribution in [2.45, 2.75) is 26.7 Å². The Morgan fingerprint density at radius 1 is 1.17 bits per heavy atom. The van der Waals surface area contributed by atoms with Gasteiger partial charge in [0.2, 0.25) is 5.91 Å². The second-order valence-corrected chi connectivity index (χ2v) is 7.61. The fraction of sp³-hybridized carbons (Fsp3) is 0.409. The number of carbonyl (C=O) groups is 3. The van der Waals surface area contributed by atoms with Gasteiger partial charge in [0, 0.05) is 37.8 Å². The van der Waals surface area contributed by atoms with Crippen molar-refractivity contribution in [2.75, 3.05) is 31.5 Å². The Morgan fingerprint density at radius 3 is 2.43 bits per heavy atom. The van der Waals surface area contributed by atoms with Crippen LogP contribution in [0.1, 0.15) is 47.6 Å². The van der Waals surface area contributed by atoms with E-state index in [-0.39, 0.29) is 23.6 Å². The van der Waals surface area contributed by atoms with Crippen LogP contribution in [0.2, 0.25) is 5.02 Å². The van der Waals surface area contributed by atoms with Gasteiger partial charge in [0.1, 0.15) is 0 Å². The summed E-state index contributed by atoms with van der Waals surface area (Å²) in [7, 11) is 0. The fourth-order valence-electron chi connectivity index (χ4n) is 3.59. The maximum Gasteiger partial charge on any atom is 0.289 e. The molecule has 1 aliphatic heterocycles. The van der Waals surface area contributed by atoms with Crippen LogP contribution in [0.15, 0.2) is 41.0 Å². The van der Waals surface area contributed by atoms with Crippen molar-refractivity contribution in [1.29, 1.82) is 0 Å². The molecule has 0 spiro atoms. The molecule has 160 valence electrons. The molecule has 8 heteroatoms. The molecular formula is C22H26ClN3O4. The zero-order chi connectivity index (χ0) is 21.7. The van der Waals surface area contributed by atoms with Gasteiger partial charge < -0.3 is 19.5 Å². The minimum absolute atomic E-state index is 0.112. The number of furan rings is 1. The summed E-state index contributed by atoms with van der Waals surface area (Å²) >= 11 is 6.30. The zero-order valence-electron chi connectivity index (χ0n) is 17.2. The molecule has 30 heavy (non-hydrogen) atoms. The van der Waals surface area contributed by atoms with Crippen molar-refractivity contribution in [3.8, 4) is 0 Å². The van der Waals surface area contributed by atoms with Gasteiger partial charge in [-0.3, -0.25) is 14.4 Å². The summed E-state index contributed by atoms with van der Waals surface area (Å²) in [6, 6.07) is 8.25. The Balaban J connectivity index is 1.57. The molecule has 0 aliphatic carbocycles. The Bertz CT molecular complexity index is 901. The number of anilines is 1. The molecular weight excluding hydrogens is 406 g/mol. The molecule has 2 aromatic rings. The predicted octanol–water partition coefficient (Wildman–Crippen LogP) is 3.91. The van der Waals surface area contributed by atoms with Crippen LogP contribution in [-0.2, 0) is 4.79 Å². The minimum Gasteiger partial charge on any atom is -0.459 e. The number of rotatable bonds is 6. The third-order valence-electron chi connectivity index (χ3n) is 5.40. The average molecular weight is 432 g/mol. The summed E-state index contributed by atoms with van der Waals surface area (Å²) in [5.41, 5.74) is 0.971. The van der Waals surface area contributed by atoms with E-state index in [0.29, 0.717) is 61.1 Å². The predicted molar refractivity (Wildman–Crippen MR) is 115 cm³/mol. The van der Waals surface area contributed by atoms with E-state index in [9.17, 15) is 14.4 Å². The number of amides is 3. The lowest BCUT2D eigenvalue weighted by atomic mass is 9.95. The second-order valence-electron chi connectivity index (χ2n) is 7.21. The zero-order valence-corrected chi connectivity index (χ0v) is 17.9. The highest BCUT2D eigenvalue weighted by Gasteiger charge is 2.29. The first kappa shape index (κ1) is 21.9. The van der Waals surface area contributed by atoms with E-state index in [1.54, 1.807) is 40.1 Å². The summed E-state index contributed by atoms with van der Waals surface area (Å²) in [5, 5.41) is 3.19. The van der Waals surface area contributed by atoms with Crippen LogP contribution in [0.5, 0.6) is 0 Å². The van der Waals surface area contributed by atoms with Gasteiger partial charge in [-0.2, -0.15) is 0 Å². The van der Waals surface area contributed by atoms with Gasteiger partial charge in [0.25, 0.3) is 11.8 Å². The molecule has 0 atom stereocenters. The number of hydrogen-bond donors (Lipinski definition) is 1. The first-order valence-electron chi connectivity index (χ1n) is 10.2. The molecule has 0 radical (unpaired) electrons. The summed E-state index contributed by atoms with van der Waals surface area (Å²) < 4.78 is 5.16. The highest BCUT2D eigenvalue weighted by atomic mass is 35.5. The highest BCUT2D eigenvalue weighted by molar-refractivity contribution is 6.34. The third-order valence-corrected chi connectivity index (χ3v) is 5.72. The van der Waals surface area contributed by atoms with Crippen molar-refractivity contribution < 1.29 is 18.8 Å². The number of nitrogens with zero attached hydrogens (tertiary/aromatic N) is 2. The van der Waals surface area contributed by atoms with Crippen LogP contribution in [0.3, 0.4) is 0 Å². The molecule has 0 saturated carbocycles. The molecule has 1 fully saturated rings. The summed E-state index contributed by atoms with van der Waals surface area (Å²) in [4.78, 5) is 40.9. The summed E-state index contributed by atoms with van der Waals surface area (Å²) in [6.07, 6.45) is 2.62. The van der Waals surface area contributed by atoms with E-state index in [0.717, 1.165) is 0 Å². The van der Waals surface area contributed by atoms with E-state index in [1.807, 2.05) is 13.8 Å². The molecule has 0 unspecified atom stereocenters. The molecule has 1 N–H and O–H groups in total. The normalized spacial score (nSPS) is 14.4. The number of piperidine rings is 1. The Labute approximate surface area is 181 Å². The Morgan fingerprint density at radius 2 is 1.87 bits per heavy atom. The second kappa shape index (κ2) is 9.80. The summed E-state index contributed by atoms with van der Waals surface area (Å²) in [6.45, 7) is 6.02. The number of halogens is 1. The van der Waals surface area contributed by atoms with Crippen LogP contribution in [0, 0.1) is 5.92 Å². The lowest BCUT2D eigenvalue weighted by molar-refractivity contribution is -0.121. The molecule has 1 aromatic carbocycles. The van der Waals surface area contributed by atoms with Crippen molar-refractivity contribution in [2.24, 2.45) is 5.92 Å². The standard InChI is InChI=1S/C22H26ClN3O4/c1-3-25(4-2)21(28)17-8-7-16(14-18(17)23)24-20(27)15-9-11-26(12-10-15)22(29)19-6-5-13-30-19/h5-8,13-15H,3-4,9-12H2,1-2H3,(H,24,27). The lowest BCUT2D eigenvalue weighted by Crippen LogP contribution is -2.41. The van der Waals surface area contributed by atoms with E-state index in [1.165, 1.54) is 6.26 Å². The van der Waals surface area contributed by atoms with Crippen molar-refractivity contribution >= 4 is 35.0 Å². The molecule has 1 aromatic heterocycles. The van der Waals surface area contributed by atoms with Gasteiger partial charge >= 0.3 is 0 Å². The SMILES string of the molecule is CCN(CC)C(=O)c1ccc(NC(=O)C2CCN(C(=O)c3ccco3)CC2)cc1Cl. The van der Waals surface area contributed by atoms with Gasteiger partial charge in [-0.25, -0.2) is 0 Å². The smallest absolute Gasteiger partial charge is 0.289 e. The highest BCUT2D eigenvalue weighted by Crippen LogP contribution is 2.25. The van der Waals surface area contributed by atoms with Crippen LogP contribution in [-0.4, -0.2) is 53.7 Å². The molecule has 3 amide bonds. The molecule has 7 nitrogen and oxygen atoms in total. The van der Waals surface area contributed by atoms with E-state index >= 15 is 0 Å². The summed E-state index contributed by atoms with van der Waals surface area (Å²) in [5.74, 6) is -0.275. The maximum atomic E-state index is 12.7. The largest absolute Gasteiger partial charge is 0.459 e. The van der Waals surface area contributed by atoms with Crippen molar-refractivity contribution in [1.82, 2.24) is 9.80 Å². The average Bonchev–Trinajstić information content (AvgIpc) is 3.29. The molecule has 2 heterocycles. The molecule has 1 saturated heterocycles. The maximum absolute atomic E-state index is 12.7. The van der Waals surface area contributed by atoms with E-state index < -0.39 is 0 Å². The minimum atomic E-state index is -0.193. The van der Waals surface area contributed by atoms with Crippen LogP contribution in [0.4, 0.5) is 5.69 Å². The van der Waals surface area contributed by atoms with E-state index in [2.05, 4.69) is 5.32 Å². The van der Waals surface area contributed by atoms with Crippen LogP contribution >= 0.6 is 11.6 Å². The van der Waals surface area contributed by atoms with Gasteiger partial charge in [-0.1, -0.05) is 11.6 Å². The number of benzene rings is 1. The van der Waals surface area contributed by atoms with E-state index in [4.69, 9.17) is 16.0 Å². The number of likely N-dealkylation sites (tertiary alicyclic amines) is 1. The van der Waals surface area contributed by atoms with Gasteiger partial charge in [0.05, 0.1) is 16.8 Å². The first-order valence-corrected chi connectivity index (χ1v) is 10.5. The van der Waals surface area contributed by atoms with Gasteiger partial charge in [0.15, 0.2) is 5.76 Å². The molecule has 3 rings (SSSR count). The van der Waals surface area contributed by atoms with Crippen molar-refractivity contribution in [3.63, 3.8) is 0 Å². The quantitative estimate of drug-likeness (QED) is 0.751.